The SMILES string of the molecule is BrB(Br)C1CCCCCCC1. The van der Waals surface area contributed by atoms with Crippen molar-refractivity contribution in [1.82, 2.24) is 0 Å². The van der Waals surface area contributed by atoms with Gasteiger partial charge in [0.2, 0.25) is 0 Å². The zero-order chi connectivity index (χ0) is 8.10. The lowest BCUT2D eigenvalue weighted by atomic mass is 9.77. The lowest BCUT2D eigenvalue weighted by Crippen LogP contribution is -2.08. The van der Waals surface area contributed by atoms with Gasteiger partial charge in [-0.15, -0.1) is 31.5 Å². The van der Waals surface area contributed by atoms with Gasteiger partial charge in [0.1, 0.15) is 0 Å². The first-order valence-corrected chi connectivity index (χ1v) is 6.42. The third-order valence-corrected chi connectivity index (χ3v) is 4.00. The Bertz CT molecular complexity index is 98.3. The molecule has 0 unspecified atom stereocenters. The molecule has 0 amide bonds. The Kier molecular flexibility index (Phi) is 5.18. The van der Waals surface area contributed by atoms with Crippen LogP contribution < -0.4 is 0 Å². The fraction of sp³-hybridized carbons (Fsp3) is 1.00. The predicted molar refractivity (Wildman–Crippen MR) is 59.7 cm³/mol. The molecule has 0 saturated heterocycles. The van der Waals surface area contributed by atoms with Gasteiger partial charge in [0, 0.05) is 0 Å². The van der Waals surface area contributed by atoms with Crippen LogP contribution in [0.1, 0.15) is 44.9 Å². The van der Waals surface area contributed by atoms with E-state index in [0.717, 1.165) is 5.82 Å². The first-order chi connectivity index (χ1) is 5.30. The average molecular weight is 282 g/mol. The average Bonchev–Trinajstić information content (AvgIpc) is 1.84. The molecule has 0 nitrogen and oxygen atoms in total. The second kappa shape index (κ2) is 5.63. The Balaban J connectivity index is 2.26. The fourth-order valence-electron chi connectivity index (χ4n) is 1.74. The molecule has 0 radical (unpaired) electrons. The molecule has 64 valence electrons. The highest BCUT2D eigenvalue weighted by Gasteiger charge is 2.20. The van der Waals surface area contributed by atoms with Gasteiger partial charge in [0.25, 0.3) is 0 Å². The molecular weight excluding hydrogens is 267 g/mol. The number of hydrogen-bond donors (Lipinski definition) is 0. The first kappa shape index (κ1) is 10.1. The molecule has 0 aromatic rings. The number of hydrogen-bond acceptors (Lipinski definition) is 0. The third-order valence-electron chi connectivity index (χ3n) is 2.51. The molecule has 1 aliphatic rings. The summed E-state index contributed by atoms with van der Waals surface area (Å²) in [4.78, 5) is 0. The lowest BCUT2D eigenvalue weighted by molar-refractivity contribution is 0.503. The molecule has 1 fully saturated rings. The maximum atomic E-state index is 3.61. The summed E-state index contributed by atoms with van der Waals surface area (Å²) in [7, 11) is 0. The Morgan fingerprint density at radius 2 is 1.27 bits per heavy atom. The van der Waals surface area contributed by atoms with Crippen LogP contribution in [0, 0.1) is 0 Å². The molecule has 0 spiro atoms. The van der Waals surface area contributed by atoms with Crippen LogP contribution in [0.4, 0.5) is 0 Å². The van der Waals surface area contributed by atoms with Crippen LogP contribution in [-0.4, -0.2) is 4.36 Å². The van der Waals surface area contributed by atoms with Crippen molar-refractivity contribution in [2.24, 2.45) is 0 Å². The van der Waals surface area contributed by atoms with Crippen molar-refractivity contribution >= 4 is 35.9 Å². The second-order valence-corrected chi connectivity index (χ2v) is 6.64. The van der Waals surface area contributed by atoms with E-state index in [4.69, 9.17) is 0 Å². The minimum atomic E-state index is 0.549. The highest BCUT2D eigenvalue weighted by atomic mass is 79.9. The monoisotopic (exact) mass is 280 g/mol. The van der Waals surface area contributed by atoms with Gasteiger partial charge in [-0.25, -0.2) is 0 Å². The van der Waals surface area contributed by atoms with Crippen molar-refractivity contribution in [3.63, 3.8) is 0 Å². The first-order valence-electron chi connectivity index (χ1n) is 4.59. The summed E-state index contributed by atoms with van der Waals surface area (Å²) in [5.74, 6) is 0.871. The third kappa shape index (κ3) is 3.98. The van der Waals surface area contributed by atoms with Gasteiger partial charge in [0.15, 0.2) is 0 Å². The Morgan fingerprint density at radius 3 is 1.73 bits per heavy atom. The number of halogens is 2. The van der Waals surface area contributed by atoms with Gasteiger partial charge in [0.05, 0.1) is 0 Å². The largest absolute Gasteiger partial charge is 0.301 e. The summed E-state index contributed by atoms with van der Waals surface area (Å²) in [6, 6.07) is 0. The van der Waals surface area contributed by atoms with Crippen molar-refractivity contribution in [2.45, 2.75) is 50.8 Å². The van der Waals surface area contributed by atoms with Gasteiger partial charge in [-0.2, -0.15) is 0 Å². The molecular formula is C8H15BBr2. The molecule has 11 heavy (non-hydrogen) atoms. The van der Waals surface area contributed by atoms with Crippen LogP contribution in [0.3, 0.4) is 0 Å². The van der Waals surface area contributed by atoms with Crippen LogP contribution in [-0.2, 0) is 0 Å². The zero-order valence-corrected chi connectivity index (χ0v) is 10.0. The lowest BCUT2D eigenvalue weighted by Gasteiger charge is -2.18. The smallest absolute Gasteiger partial charge is 0.139 e. The summed E-state index contributed by atoms with van der Waals surface area (Å²) >= 11 is 7.23. The molecule has 0 atom stereocenters. The summed E-state index contributed by atoms with van der Waals surface area (Å²) in [5.41, 5.74) is 0. The molecule has 1 saturated carbocycles. The quantitative estimate of drug-likeness (QED) is 0.626. The highest BCUT2D eigenvalue weighted by molar-refractivity contribution is 9.49. The van der Waals surface area contributed by atoms with Crippen LogP contribution >= 0.6 is 31.5 Å². The molecule has 1 aliphatic carbocycles. The summed E-state index contributed by atoms with van der Waals surface area (Å²) in [6.07, 6.45) is 10.0. The number of rotatable bonds is 1. The Hall–Kier alpha value is 1.02. The Morgan fingerprint density at radius 1 is 0.818 bits per heavy atom. The van der Waals surface area contributed by atoms with Crippen molar-refractivity contribution in [2.75, 3.05) is 0 Å². The molecule has 0 aromatic heterocycles. The normalized spacial score (nSPS) is 22.4. The fourth-order valence-corrected chi connectivity index (χ4v) is 2.80. The van der Waals surface area contributed by atoms with E-state index in [1.54, 1.807) is 0 Å². The van der Waals surface area contributed by atoms with E-state index in [2.05, 4.69) is 31.5 Å². The second-order valence-electron chi connectivity index (χ2n) is 3.44. The van der Waals surface area contributed by atoms with Gasteiger partial charge in [-0.1, -0.05) is 44.9 Å². The van der Waals surface area contributed by atoms with Crippen LogP contribution in [0.5, 0.6) is 0 Å². The predicted octanol–water partition coefficient (Wildman–Crippen LogP) is 4.38. The van der Waals surface area contributed by atoms with Gasteiger partial charge in [-0.3, -0.25) is 0 Å². The van der Waals surface area contributed by atoms with Crippen molar-refractivity contribution in [3.05, 3.63) is 0 Å². The topological polar surface area (TPSA) is 0 Å². The van der Waals surface area contributed by atoms with Crippen molar-refractivity contribution in [1.29, 1.82) is 0 Å². The molecule has 1 rings (SSSR count). The van der Waals surface area contributed by atoms with Crippen LogP contribution in [0.2, 0.25) is 5.82 Å². The van der Waals surface area contributed by atoms with E-state index in [9.17, 15) is 0 Å². The molecule has 0 bridgehead atoms. The zero-order valence-electron chi connectivity index (χ0n) is 6.86. The molecule has 0 aliphatic heterocycles. The molecule has 0 aromatic carbocycles. The summed E-state index contributed by atoms with van der Waals surface area (Å²) < 4.78 is 0.549. The summed E-state index contributed by atoms with van der Waals surface area (Å²) in [5, 5.41) is 0. The molecule has 3 heteroatoms. The van der Waals surface area contributed by atoms with E-state index >= 15 is 0 Å². The van der Waals surface area contributed by atoms with Gasteiger partial charge >= 0.3 is 4.36 Å². The van der Waals surface area contributed by atoms with E-state index in [1.165, 1.54) is 44.9 Å². The molecule has 0 N–H and O–H groups in total. The van der Waals surface area contributed by atoms with Crippen molar-refractivity contribution < 1.29 is 0 Å². The maximum absolute atomic E-state index is 3.61. The van der Waals surface area contributed by atoms with Gasteiger partial charge < -0.3 is 0 Å². The maximum Gasteiger partial charge on any atom is 0.301 e. The minimum absolute atomic E-state index is 0.549. The highest BCUT2D eigenvalue weighted by Crippen LogP contribution is 2.33. The van der Waals surface area contributed by atoms with E-state index in [-0.39, 0.29) is 0 Å². The van der Waals surface area contributed by atoms with Crippen molar-refractivity contribution in [3.8, 4) is 0 Å². The van der Waals surface area contributed by atoms with Crippen LogP contribution in [0.15, 0.2) is 0 Å². The molecule has 0 heterocycles. The minimum Gasteiger partial charge on any atom is -0.139 e. The standard InChI is InChI=1S/C8H15BBr2/c10-9(11)8-6-4-2-1-3-5-7-8/h8H,1-7H2. The van der Waals surface area contributed by atoms with E-state index in [1.807, 2.05) is 0 Å². The van der Waals surface area contributed by atoms with E-state index < -0.39 is 0 Å². The Labute approximate surface area is 86.5 Å². The summed E-state index contributed by atoms with van der Waals surface area (Å²) in [6.45, 7) is 0. The van der Waals surface area contributed by atoms with Gasteiger partial charge in [-0.05, 0) is 5.82 Å². The van der Waals surface area contributed by atoms with E-state index in [0.29, 0.717) is 4.36 Å². The van der Waals surface area contributed by atoms with Crippen LogP contribution in [0.25, 0.3) is 0 Å².